The molecule has 2 fully saturated rings. The highest BCUT2D eigenvalue weighted by Gasteiger charge is 2.24. The highest BCUT2D eigenvalue weighted by atomic mass is 35.5. The van der Waals surface area contributed by atoms with Crippen molar-refractivity contribution in [3.8, 4) is 22.8 Å². The van der Waals surface area contributed by atoms with Gasteiger partial charge in [0, 0.05) is 81.2 Å². The summed E-state index contributed by atoms with van der Waals surface area (Å²) < 4.78 is 12.9. The van der Waals surface area contributed by atoms with E-state index in [1.165, 1.54) is 0 Å². The molecule has 0 amide bonds. The van der Waals surface area contributed by atoms with E-state index >= 15 is 0 Å². The molecule has 2 aliphatic heterocycles. The summed E-state index contributed by atoms with van der Waals surface area (Å²) in [6, 6.07) is 9.79. The fraction of sp³-hybridized carbons (Fsp3) is 0.370. The number of nitrogens with zero attached hydrogens (tertiary/aromatic N) is 7. The molecule has 1 unspecified atom stereocenters. The summed E-state index contributed by atoms with van der Waals surface area (Å²) in [6.07, 6.45) is 6.28. The number of anilines is 3. The molecule has 1 aromatic carbocycles. The quantitative estimate of drug-likeness (QED) is 0.399. The molecule has 0 aliphatic carbocycles. The van der Waals surface area contributed by atoms with E-state index < -0.39 is 0 Å². The molecule has 2 saturated heterocycles. The molecule has 0 spiro atoms. The predicted octanol–water partition coefficient (Wildman–Crippen LogP) is 3.36. The second-order valence-electron chi connectivity index (χ2n) is 9.54. The first-order valence-electron chi connectivity index (χ1n) is 12.7. The van der Waals surface area contributed by atoms with Crippen molar-refractivity contribution >= 4 is 34.7 Å². The maximum absolute atomic E-state index is 9.86. The van der Waals surface area contributed by atoms with Crippen molar-refractivity contribution in [2.75, 3.05) is 68.2 Å². The number of β-amino-alcohol motifs (C(OH)–C–C–N with tert-alkyl or cyclic N) is 1. The number of methoxy groups -OCH3 is 2. The highest BCUT2D eigenvalue weighted by Crippen LogP contribution is 2.38. The van der Waals surface area contributed by atoms with Crippen LogP contribution in [0.15, 0.2) is 48.9 Å². The molecule has 2 aliphatic rings. The fourth-order valence-corrected chi connectivity index (χ4v) is 5.38. The Bertz CT molecular complexity index is 1450. The monoisotopic (exact) mass is 535 g/mol. The van der Waals surface area contributed by atoms with E-state index in [0.29, 0.717) is 29.0 Å². The van der Waals surface area contributed by atoms with Gasteiger partial charge in [-0.05, 0) is 24.6 Å². The van der Waals surface area contributed by atoms with Gasteiger partial charge in [-0.25, -0.2) is 9.97 Å². The van der Waals surface area contributed by atoms with E-state index in [2.05, 4.69) is 26.9 Å². The Morgan fingerprint density at radius 2 is 1.71 bits per heavy atom. The van der Waals surface area contributed by atoms with Crippen molar-refractivity contribution in [1.29, 1.82) is 0 Å². The number of aromatic nitrogens is 4. The van der Waals surface area contributed by atoms with Gasteiger partial charge in [0.25, 0.3) is 0 Å². The van der Waals surface area contributed by atoms with Gasteiger partial charge in [0.15, 0.2) is 0 Å². The summed E-state index contributed by atoms with van der Waals surface area (Å²) in [4.78, 5) is 20.8. The third-order valence-corrected chi connectivity index (χ3v) is 7.53. The zero-order valence-electron chi connectivity index (χ0n) is 21.4. The first kappa shape index (κ1) is 24.6. The van der Waals surface area contributed by atoms with Crippen LogP contribution in [-0.4, -0.2) is 84.1 Å². The van der Waals surface area contributed by atoms with Gasteiger partial charge in [0.1, 0.15) is 23.0 Å². The van der Waals surface area contributed by atoms with Crippen LogP contribution in [0.5, 0.6) is 11.5 Å². The van der Waals surface area contributed by atoms with Crippen molar-refractivity contribution in [3.05, 3.63) is 53.9 Å². The van der Waals surface area contributed by atoms with E-state index in [1.807, 2.05) is 40.0 Å². The van der Waals surface area contributed by atoms with Crippen LogP contribution in [0, 0.1) is 0 Å². The number of hydrogen-bond acceptors (Lipinski definition) is 9. The molecule has 11 heteroatoms. The van der Waals surface area contributed by atoms with Crippen molar-refractivity contribution in [3.63, 3.8) is 0 Å². The third-order valence-electron chi connectivity index (χ3n) is 7.24. The van der Waals surface area contributed by atoms with E-state index in [-0.39, 0.29) is 6.10 Å². The molecule has 0 bridgehead atoms. The van der Waals surface area contributed by atoms with Gasteiger partial charge in [-0.2, -0.15) is 4.98 Å². The number of halogens is 1. The standard InChI is InChI=1S/C27H30ClN7O3/c1-37-23-15-24(38-2)21(28)14-20(23)22-17-34-7-4-18(13-26(34)30-22)32-9-11-33(12-10-32)25-3-6-29-27(31-25)35-8-5-19(36)16-35/h3-4,6-7,13-15,17,19,36H,5,8-12,16H2,1-2H3. The van der Waals surface area contributed by atoms with Crippen LogP contribution in [0.3, 0.4) is 0 Å². The van der Waals surface area contributed by atoms with Gasteiger partial charge < -0.3 is 33.7 Å². The van der Waals surface area contributed by atoms with Gasteiger partial charge in [-0.15, -0.1) is 0 Å². The van der Waals surface area contributed by atoms with Crippen LogP contribution in [0.25, 0.3) is 16.9 Å². The molecule has 38 heavy (non-hydrogen) atoms. The van der Waals surface area contributed by atoms with E-state index in [4.69, 9.17) is 31.0 Å². The number of benzene rings is 1. The van der Waals surface area contributed by atoms with Crippen molar-refractivity contribution in [2.45, 2.75) is 12.5 Å². The second kappa shape index (κ2) is 10.2. The molecule has 5 heterocycles. The molecule has 1 atom stereocenters. The van der Waals surface area contributed by atoms with Gasteiger partial charge in [0.05, 0.1) is 31.0 Å². The lowest BCUT2D eigenvalue weighted by Gasteiger charge is -2.36. The summed E-state index contributed by atoms with van der Waals surface area (Å²) in [5, 5.41) is 10.4. The molecule has 3 aromatic heterocycles. The van der Waals surface area contributed by atoms with Crippen LogP contribution in [0.1, 0.15) is 6.42 Å². The summed E-state index contributed by atoms with van der Waals surface area (Å²) in [5.41, 5.74) is 3.56. The van der Waals surface area contributed by atoms with E-state index in [0.717, 1.165) is 67.6 Å². The Hall–Kier alpha value is -3.76. The van der Waals surface area contributed by atoms with Crippen LogP contribution in [0.2, 0.25) is 5.02 Å². The van der Waals surface area contributed by atoms with Gasteiger partial charge in [-0.1, -0.05) is 11.6 Å². The van der Waals surface area contributed by atoms with E-state index in [9.17, 15) is 5.11 Å². The largest absolute Gasteiger partial charge is 0.496 e. The zero-order chi connectivity index (χ0) is 26.2. The predicted molar refractivity (Wildman–Crippen MR) is 148 cm³/mol. The topological polar surface area (TPSA) is 91.5 Å². The smallest absolute Gasteiger partial charge is 0.227 e. The average molecular weight is 536 g/mol. The number of fused-ring (bicyclic) bond motifs is 1. The molecule has 0 radical (unpaired) electrons. The maximum atomic E-state index is 9.86. The van der Waals surface area contributed by atoms with Crippen LogP contribution < -0.4 is 24.2 Å². The molecule has 4 aromatic rings. The first-order valence-corrected chi connectivity index (χ1v) is 13.1. The number of piperazine rings is 1. The molecular formula is C27H30ClN7O3. The Morgan fingerprint density at radius 1 is 0.921 bits per heavy atom. The fourth-order valence-electron chi connectivity index (χ4n) is 5.14. The minimum absolute atomic E-state index is 0.301. The lowest BCUT2D eigenvalue weighted by atomic mass is 10.1. The molecule has 6 rings (SSSR count). The maximum Gasteiger partial charge on any atom is 0.227 e. The zero-order valence-corrected chi connectivity index (χ0v) is 22.2. The number of rotatable bonds is 6. The molecular weight excluding hydrogens is 506 g/mol. The Balaban J connectivity index is 1.17. The van der Waals surface area contributed by atoms with Crippen LogP contribution >= 0.6 is 11.6 Å². The van der Waals surface area contributed by atoms with Crippen LogP contribution in [-0.2, 0) is 0 Å². The van der Waals surface area contributed by atoms with Gasteiger partial charge in [0.2, 0.25) is 5.95 Å². The lowest BCUT2D eigenvalue weighted by molar-refractivity contribution is 0.198. The molecule has 198 valence electrons. The summed E-state index contributed by atoms with van der Waals surface area (Å²) in [7, 11) is 3.21. The lowest BCUT2D eigenvalue weighted by Crippen LogP contribution is -2.47. The summed E-state index contributed by atoms with van der Waals surface area (Å²) in [5.74, 6) is 2.83. The SMILES string of the molecule is COc1cc(OC)c(-c2cn3ccc(N4CCN(c5ccnc(N6CCC(O)C6)n5)CC4)cc3n2)cc1Cl. The molecule has 10 nitrogen and oxygen atoms in total. The minimum Gasteiger partial charge on any atom is -0.496 e. The number of hydrogen-bond donors (Lipinski definition) is 1. The number of ether oxygens (including phenoxy) is 2. The average Bonchev–Trinajstić information content (AvgIpc) is 3.59. The second-order valence-corrected chi connectivity index (χ2v) is 9.95. The first-order chi connectivity index (χ1) is 18.5. The third kappa shape index (κ3) is 4.65. The Morgan fingerprint density at radius 3 is 2.45 bits per heavy atom. The summed E-state index contributed by atoms with van der Waals surface area (Å²) in [6.45, 7) is 4.82. The van der Waals surface area contributed by atoms with E-state index in [1.54, 1.807) is 20.3 Å². The highest BCUT2D eigenvalue weighted by molar-refractivity contribution is 6.32. The number of imidazole rings is 1. The molecule has 0 saturated carbocycles. The normalized spacial score (nSPS) is 17.9. The minimum atomic E-state index is -0.301. The van der Waals surface area contributed by atoms with Crippen molar-refractivity contribution in [2.24, 2.45) is 0 Å². The van der Waals surface area contributed by atoms with Crippen LogP contribution in [0.4, 0.5) is 17.5 Å². The summed E-state index contributed by atoms with van der Waals surface area (Å²) >= 11 is 6.39. The Kier molecular flexibility index (Phi) is 6.59. The van der Waals surface area contributed by atoms with Gasteiger partial charge >= 0.3 is 0 Å². The Labute approximate surface area is 226 Å². The van der Waals surface area contributed by atoms with Gasteiger partial charge in [-0.3, -0.25) is 0 Å². The number of aliphatic hydroxyl groups is 1. The number of pyridine rings is 1. The van der Waals surface area contributed by atoms with Crippen molar-refractivity contribution < 1.29 is 14.6 Å². The van der Waals surface area contributed by atoms with Crippen molar-refractivity contribution in [1.82, 2.24) is 19.4 Å². The molecule has 1 N–H and O–H groups in total. The number of aliphatic hydroxyl groups excluding tert-OH is 1.